The van der Waals surface area contributed by atoms with Crippen LogP contribution in [0.2, 0.25) is 0 Å². The highest BCUT2D eigenvalue weighted by Gasteiger charge is 2.23. The highest BCUT2D eigenvalue weighted by molar-refractivity contribution is 7.99. The first-order chi connectivity index (χ1) is 12.5. The molecule has 1 N–H and O–H groups in total. The maximum atomic E-state index is 12.9. The summed E-state index contributed by atoms with van der Waals surface area (Å²) < 4.78 is 12.9. The Labute approximate surface area is 157 Å². The normalized spacial score (nSPS) is 20.0. The summed E-state index contributed by atoms with van der Waals surface area (Å²) in [7, 11) is 0. The van der Waals surface area contributed by atoms with Gasteiger partial charge in [0.05, 0.1) is 5.75 Å². The number of nitrogens with one attached hydrogen (secondary N) is 1. The van der Waals surface area contributed by atoms with Crippen molar-refractivity contribution in [3.05, 3.63) is 42.5 Å². The number of benzene rings is 1. The zero-order chi connectivity index (χ0) is 18.5. The van der Waals surface area contributed by atoms with Crippen molar-refractivity contribution in [2.75, 3.05) is 29.1 Å². The molecule has 0 spiro atoms. The lowest BCUT2D eigenvalue weighted by Crippen LogP contribution is -2.39. The third kappa shape index (κ3) is 5.17. The van der Waals surface area contributed by atoms with Crippen LogP contribution in [0.1, 0.15) is 20.3 Å². The average Bonchev–Trinajstić information content (AvgIpc) is 2.61. The summed E-state index contributed by atoms with van der Waals surface area (Å²) in [4.78, 5) is 23.0. The zero-order valence-corrected chi connectivity index (χ0v) is 15.8. The molecule has 7 heteroatoms. The van der Waals surface area contributed by atoms with Gasteiger partial charge in [-0.3, -0.25) is 4.79 Å². The maximum absolute atomic E-state index is 12.9. The minimum atomic E-state index is -0.327. The Hall–Kier alpha value is -2.15. The summed E-state index contributed by atoms with van der Waals surface area (Å²) in [5.41, 5.74) is 0.580. The number of amides is 1. The fourth-order valence-electron chi connectivity index (χ4n) is 3.30. The second-order valence-corrected chi connectivity index (χ2v) is 7.90. The van der Waals surface area contributed by atoms with Gasteiger partial charge in [-0.1, -0.05) is 25.6 Å². The van der Waals surface area contributed by atoms with E-state index in [0.717, 1.165) is 23.9 Å². The van der Waals surface area contributed by atoms with Crippen molar-refractivity contribution in [1.82, 2.24) is 9.97 Å². The number of hydrogen-bond donors (Lipinski definition) is 1. The minimum absolute atomic E-state index is 0.151. The van der Waals surface area contributed by atoms with Crippen molar-refractivity contribution >= 4 is 29.2 Å². The molecule has 1 aromatic carbocycles. The van der Waals surface area contributed by atoms with Gasteiger partial charge in [-0.2, -0.15) is 0 Å². The molecule has 0 unspecified atom stereocenters. The molecule has 26 heavy (non-hydrogen) atoms. The van der Waals surface area contributed by atoms with E-state index < -0.39 is 0 Å². The van der Waals surface area contributed by atoms with E-state index in [1.807, 2.05) is 6.07 Å². The molecule has 2 atom stereocenters. The maximum Gasteiger partial charge on any atom is 0.234 e. The van der Waals surface area contributed by atoms with Gasteiger partial charge in [-0.25, -0.2) is 14.4 Å². The van der Waals surface area contributed by atoms with Crippen LogP contribution in [0.15, 0.2) is 41.7 Å². The van der Waals surface area contributed by atoms with Crippen LogP contribution >= 0.6 is 11.8 Å². The first-order valence-corrected chi connectivity index (χ1v) is 9.73. The van der Waals surface area contributed by atoms with E-state index in [1.54, 1.807) is 18.5 Å². The Morgan fingerprint density at radius 2 is 1.92 bits per heavy atom. The fraction of sp³-hybridized carbons (Fsp3) is 0.421. The van der Waals surface area contributed by atoms with Gasteiger partial charge in [0.2, 0.25) is 5.91 Å². The van der Waals surface area contributed by atoms with Crippen molar-refractivity contribution in [3.63, 3.8) is 0 Å². The van der Waals surface area contributed by atoms with E-state index >= 15 is 0 Å². The van der Waals surface area contributed by atoms with Gasteiger partial charge in [0.1, 0.15) is 23.0 Å². The molecule has 1 aliphatic heterocycles. The standard InChI is InChI=1S/C19H23FN4OS/c1-13-7-14(2)10-24(9-13)17-8-19(22-12-21-17)26-11-18(25)23-16-5-3-15(20)4-6-16/h3-6,8,12-14H,7,9-11H2,1-2H3,(H,23,25)/t13-,14+. The number of thioether (sulfide) groups is 1. The molecule has 3 rings (SSSR count). The summed E-state index contributed by atoms with van der Waals surface area (Å²) in [6, 6.07) is 7.67. The molecule has 1 fully saturated rings. The van der Waals surface area contributed by atoms with Gasteiger partial charge in [-0.15, -0.1) is 0 Å². The van der Waals surface area contributed by atoms with E-state index in [4.69, 9.17) is 0 Å². The van der Waals surface area contributed by atoms with Crippen molar-refractivity contribution in [2.24, 2.45) is 11.8 Å². The molecule has 138 valence electrons. The number of hydrogen-bond acceptors (Lipinski definition) is 5. The molecule has 0 saturated carbocycles. The topological polar surface area (TPSA) is 58.1 Å². The Balaban J connectivity index is 1.56. The summed E-state index contributed by atoms with van der Waals surface area (Å²) in [5, 5.41) is 3.52. The van der Waals surface area contributed by atoms with Gasteiger partial charge >= 0.3 is 0 Å². The lowest BCUT2D eigenvalue weighted by Gasteiger charge is -2.35. The van der Waals surface area contributed by atoms with Crippen molar-refractivity contribution in [3.8, 4) is 0 Å². The highest BCUT2D eigenvalue weighted by Crippen LogP contribution is 2.27. The van der Waals surface area contributed by atoms with Gasteiger partial charge in [0.15, 0.2) is 0 Å². The lowest BCUT2D eigenvalue weighted by molar-refractivity contribution is -0.113. The van der Waals surface area contributed by atoms with Crippen LogP contribution in [0.25, 0.3) is 0 Å². The molecule has 1 saturated heterocycles. The predicted octanol–water partition coefficient (Wildman–Crippen LogP) is 3.83. The third-order valence-electron chi connectivity index (χ3n) is 4.30. The number of nitrogens with zero attached hydrogens (tertiary/aromatic N) is 3. The summed E-state index contributed by atoms with van der Waals surface area (Å²) in [6.07, 6.45) is 2.80. The number of rotatable bonds is 5. The van der Waals surface area contributed by atoms with Crippen LogP contribution in [-0.4, -0.2) is 34.7 Å². The van der Waals surface area contributed by atoms with E-state index in [-0.39, 0.29) is 17.5 Å². The molecular formula is C19H23FN4OS. The Bertz CT molecular complexity index is 745. The molecule has 2 aromatic rings. The number of piperidine rings is 1. The highest BCUT2D eigenvalue weighted by atomic mass is 32.2. The zero-order valence-electron chi connectivity index (χ0n) is 15.0. The second-order valence-electron chi connectivity index (χ2n) is 6.91. The van der Waals surface area contributed by atoms with Crippen LogP contribution in [0.3, 0.4) is 0 Å². The summed E-state index contributed by atoms with van der Waals surface area (Å²) in [6.45, 7) is 6.52. The fourth-order valence-corrected chi connectivity index (χ4v) is 3.96. The molecule has 1 aromatic heterocycles. The van der Waals surface area contributed by atoms with E-state index in [1.165, 1.54) is 30.3 Å². The number of anilines is 2. The molecular weight excluding hydrogens is 351 g/mol. The van der Waals surface area contributed by atoms with Gasteiger partial charge in [0, 0.05) is 24.8 Å². The predicted molar refractivity (Wildman–Crippen MR) is 103 cm³/mol. The average molecular weight is 374 g/mol. The van der Waals surface area contributed by atoms with Gasteiger partial charge < -0.3 is 10.2 Å². The molecule has 0 radical (unpaired) electrons. The largest absolute Gasteiger partial charge is 0.356 e. The molecule has 0 aliphatic carbocycles. The first kappa shape index (κ1) is 18.6. The monoisotopic (exact) mass is 374 g/mol. The van der Waals surface area contributed by atoms with E-state index in [0.29, 0.717) is 17.5 Å². The van der Waals surface area contributed by atoms with E-state index in [9.17, 15) is 9.18 Å². The van der Waals surface area contributed by atoms with Crippen molar-refractivity contribution in [1.29, 1.82) is 0 Å². The second kappa shape index (κ2) is 8.49. The van der Waals surface area contributed by atoms with Crippen LogP contribution in [0.5, 0.6) is 0 Å². The van der Waals surface area contributed by atoms with Crippen molar-refractivity contribution < 1.29 is 9.18 Å². The van der Waals surface area contributed by atoms with Crippen LogP contribution < -0.4 is 10.2 Å². The minimum Gasteiger partial charge on any atom is -0.356 e. The Morgan fingerprint density at radius 1 is 1.23 bits per heavy atom. The van der Waals surface area contributed by atoms with Crippen LogP contribution in [-0.2, 0) is 4.79 Å². The molecule has 1 amide bonds. The number of carbonyl (C=O) groups is 1. The SMILES string of the molecule is C[C@@H]1C[C@H](C)CN(c2cc(SCC(=O)Nc3ccc(F)cc3)ncn2)C1. The number of aromatic nitrogens is 2. The quantitative estimate of drug-likeness (QED) is 0.637. The third-order valence-corrected chi connectivity index (χ3v) is 5.23. The smallest absolute Gasteiger partial charge is 0.234 e. The number of carbonyl (C=O) groups excluding carboxylic acids is 1. The van der Waals surface area contributed by atoms with Gasteiger partial charge in [0.25, 0.3) is 0 Å². The molecule has 1 aliphatic rings. The number of halogens is 1. The molecule has 5 nitrogen and oxygen atoms in total. The van der Waals surface area contributed by atoms with Crippen molar-refractivity contribution in [2.45, 2.75) is 25.3 Å². The lowest BCUT2D eigenvalue weighted by atomic mass is 9.92. The Kier molecular flexibility index (Phi) is 6.08. The van der Waals surface area contributed by atoms with E-state index in [2.05, 4.69) is 34.0 Å². The molecule has 2 heterocycles. The molecule has 0 bridgehead atoms. The Morgan fingerprint density at radius 3 is 2.62 bits per heavy atom. The summed E-state index contributed by atoms with van der Waals surface area (Å²) in [5.74, 6) is 1.97. The van der Waals surface area contributed by atoms with Gasteiger partial charge in [-0.05, 0) is 42.5 Å². The summed E-state index contributed by atoms with van der Waals surface area (Å²) >= 11 is 1.37. The first-order valence-electron chi connectivity index (χ1n) is 8.75. The van der Waals surface area contributed by atoms with Crippen LogP contribution in [0.4, 0.5) is 15.9 Å². The van der Waals surface area contributed by atoms with Crippen LogP contribution in [0, 0.1) is 17.7 Å².